The van der Waals surface area contributed by atoms with E-state index in [1.807, 2.05) is 26.8 Å². The number of rotatable bonds is 8. The molecular formula is C28H32F3N5O2. The number of nitrogens with zero attached hydrogens (tertiary/aromatic N) is 4. The molecule has 1 aliphatic rings. The van der Waals surface area contributed by atoms with Crippen molar-refractivity contribution in [2.75, 3.05) is 25.5 Å². The Morgan fingerprint density at radius 3 is 2.63 bits per heavy atom. The molecule has 7 nitrogen and oxygen atoms in total. The van der Waals surface area contributed by atoms with E-state index < -0.39 is 23.7 Å². The molecule has 0 fully saturated rings. The van der Waals surface area contributed by atoms with Crippen LogP contribution in [0, 0.1) is 12.7 Å². The van der Waals surface area contributed by atoms with Crippen molar-refractivity contribution in [3.63, 3.8) is 0 Å². The third-order valence-corrected chi connectivity index (χ3v) is 7.11. The lowest BCUT2D eigenvalue weighted by atomic mass is 9.87. The Balaban J connectivity index is 1.52. The van der Waals surface area contributed by atoms with Crippen molar-refractivity contribution < 1.29 is 22.7 Å². The molecule has 38 heavy (non-hydrogen) atoms. The van der Waals surface area contributed by atoms with Gasteiger partial charge < -0.3 is 15.0 Å². The molecule has 0 unspecified atom stereocenters. The molecule has 0 saturated carbocycles. The molecule has 4 heterocycles. The first-order chi connectivity index (χ1) is 18.0. The molecular weight excluding hydrogens is 495 g/mol. The van der Waals surface area contributed by atoms with E-state index in [-0.39, 0.29) is 22.9 Å². The number of halogens is 3. The Labute approximate surface area is 220 Å². The lowest BCUT2D eigenvalue weighted by Gasteiger charge is -2.40. The predicted octanol–water partition coefficient (Wildman–Crippen LogP) is 5.70. The fraction of sp³-hybridized carbons (Fsp3) is 0.429. The quantitative estimate of drug-likeness (QED) is 0.405. The molecule has 0 spiro atoms. The van der Waals surface area contributed by atoms with Crippen molar-refractivity contribution in [3.05, 3.63) is 64.9 Å². The molecule has 0 bridgehead atoms. The highest BCUT2D eigenvalue weighted by atomic mass is 19.3. The highest BCUT2D eigenvalue weighted by Gasteiger charge is 2.35. The summed E-state index contributed by atoms with van der Waals surface area (Å²) in [6, 6.07) is 6.43. The Bertz CT molecular complexity index is 1320. The third kappa shape index (κ3) is 5.58. The number of ether oxygens (including phenoxy) is 1. The van der Waals surface area contributed by atoms with Gasteiger partial charge in [0, 0.05) is 47.7 Å². The van der Waals surface area contributed by atoms with Gasteiger partial charge in [0.2, 0.25) is 11.8 Å². The summed E-state index contributed by atoms with van der Waals surface area (Å²) in [4.78, 5) is 28.0. The summed E-state index contributed by atoms with van der Waals surface area (Å²) in [6.45, 7) is 8.35. The van der Waals surface area contributed by atoms with Gasteiger partial charge in [-0.3, -0.25) is 9.78 Å². The number of nitrogens with one attached hydrogen (secondary N) is 1. The van der Waals surface area contributed by atoms with Gasteiger partial charge in [0.1, 0.15) is 11.6 Å². The van der Waals surface area contributed by atoms with E-state index in [4.69, 9.17) is 9.72 Å². The Morgan fingerprint density at radius 2 is 2.00 bits per heavy atom. The number of amides is 1. The van der Waals surface area contributed by atoms with Crippen LogP contribution in [0.25, 0.3) is 11.3 Å². The maximum Gasteiger partial charge on any atom is 0.265 e. The molecule has 3 aromatic heterocycles. The minimum absolute atomic E-state index is 0.120. The second-order valence-electron chi connectivity index (χ2n) is 9.91. The molecule has 3 aromatic rings. The van der Waals surface area contributed by atoms with Gasteiger partial charge >= 0.3 is 0 Å². The molecule has 202 valence electrons. The van der Waals surface area contributed by atoms with Gasteiger partial charge in [-0.1, -0.05) is 0 Å². The molecule has 0 aromatic carbocycles. The number of hydrogen-bond donors (Lipinski definition) is 1. The van der Waals surface area contributed by atoms with Gasteiger partial charge in [-0.15, -0.1) is 0 Å². The van der Waals surface area contributed by atoms with E-state index in [9.17, 15) is 18.0 Å². The normalized spacial score (nSPS) is 17.5. The third-order valence-electron chi connectivity index (χ3n) is 7.11. The minimum atomic E-state index is -2.56. The number of fused-ring (bicyclic) bond motifs is 1. The molecule has 10 heteroatoms. The van der Waals surface area contributed by atoms with Crippen LogP contribution in [0.5, 0.6) is 5.88 Å². The van der Waals surface area contributed by atoms with Crippen LogP contribution in [0.4, 0.5) is 19.0 Å². The average Bonchev–Trinajstić information content (AvgIpc) is 2.91. The van der Waals surface area contributed by atoms with Crippen LogP contribution in [-0.2, 0) is 11.2 Å². The van der Waals surface area contributed by atoms with Gasteiger partial charge in [-0.05, 0) is 64.3 Å². The number of pyridine rings is 3. The van der Waals surface area contributed by atoms with Crippen LogP contribution >= 0.6 is 0 Å². The zero-order chi connectivity index (χ0) is 27.6. The van der Waals surface area contributed by atoms with Crippen molar-refractivity contribution >= 4 is 11.7 Å². The van der Waals surface area contributed by atoms with E-state index >= 15 is 0 Å². The van der Waals surface area contributed by atoms with Crippen LogP contribution in [0.1, 0.15) is 61.9 Å². The number of anilines is 1. The lowest BCUT2D eigenvalue weighted by Crippen LogP contribution is -2.51. The van der Waals surface area contributed by atoms with Gasteiger partial charge in [0.05, 0.1) is 30.5 Å². The summed E-state index contributed by atoms with van der Waals surface area (Å²) in [5, 5.41) is 3.52. The van der Waals surface area contributed by atoms with Crippen LogP contribution < -0.4 is 10.1 Å². The summed E-state index contributed by atoms with van der Waals surface area (Å²) in [6.07, 6.45) is 1.15. The fourth-order valence-electron chi connectivity index (χ4n) is 4.83. The van der Waals surface area contributed by atoms with E-state index in [0.717, 1.165) is 35.3 Å². The Hall–Kier alpha value is -3.69. The number of likely N-dealkylation sites (N-methyl/N-ethyl adjacent to an activating group) is 1. The topological polar surface area (TPSA) is 80.2 Å². The second-order valence-corrected chi connectivity index (χ2v) is 9.91. The van der Waals surface area contributed by atoms with Crippen molar-refractivity contribution in [2.45, 2.75) is 58.4 Å². The van der Waals surface area contributed by atoms with Crippen LogP contribution in [-0.4, -0.2) is 51.5 Å². The minimum Gasteiger partial charge on any atom is -0.481 e. The van der Waals surface area contributed by atoms with Gasteiger partial charge in [0.15, 0.2) is 0 Å². The molecule has 0 radical (unpaired) electrons. The summed E-state index contributed by atoms with van der Waals surface area (Å²) < 4.78 is 45.4. The number of methoxy groups -OCH3 is 1. The summed E-state index contributed by atoms with van der Waals surface area (Å²) >= 11 is 0. The average molecular weight is 528 g/mol. The van der Waals surface area contributed by atoms with Crippen LogP contribution in [0.3, 0.4) is 0 Å². The predicted molar refractivity (Wildman–Crippen MR) is 139 cm³/mol. The standard InChI is InChI=1S/C28H32F3N5O2/c1-6-36(27(37)16(2)20-12-24(38-5)33-14-22(20)29)15-28(4)10-9-18-11-21(17(3)34-26(18)35-28)23-8-7-19(13-32-23)25(30)31/h7-8,11-14,16,25H,6,9-10,15H2,1-5H3,(H,34,35)/t16-,28-/m1/s1. The smallest absolute Gasteiger partial charge is 0.265 e. The molecule has 0 aliphatic carbocycles. The maximum atomic E-state index is 14.5. The van der Waals surface area contributed by atoms with E-state index in [0.29, 0.717) is 25.2 Å². The van der Waals surface area contributed by atoms with E-state index in [1.165, 1.54) is 25.4 Å². The van der Waals surface area contributed by atoms with Crippen LogP contribution in [0.2, 0.25) is 0 Å². The summed E-state index contributed by atoms with van der Waals surface area (Å²) in [5.74, 6) is -0.467. The molecule has 4 rings (SSSR count). The largest absolute Gasteiger partial charge is 0.481 e. The van der Waals surface area contributed by atoms with Gasteiger partial charge in [-0.25, -0.2) is 23.1 Å². The maximum absolute atomic E-state index is 14.5. The second kappa shape index (κ2) is 11.0. The summed E-state index contributed by atoms with van der Waals surface area (Å²) in [7, 11) is 1.44. The van der Waals surface area contributed by atoms with E-state index in [2.05, 4.69) is 15.3 Å². The highest BCUT2D eigenvalue weighted by Crippen LogP contribution is 2.35. The number of alkyl halides is 2. The lowest BCUT2D eigenvalue weighted by molar-refractivity contribution is -0.133. The highest BCUT2D eigenvalue weighted by molar-refractivity contribution is 5.83. The van der Waals surface area contributed by atoms with Crippen molar-refractivity contribution in [2.24, 2.45) is 0 Å². The first-order valence-electron chi connectivity index (χ1n) is 12.6. The van der Waals surface area contributed by atoms with Crippen molar-refractivity contribution in [1.82, 2.24) is 19.9 Å². The van der Waals surface area contributed by atoms with Gasteiger partial charge in [0.25, 0.3) is 6.43 Å². The molecule has 1 amide bonds. The number of carbonyl (C=O) groups is 1. The fourth-order valence-corrected chi connectivity index (χ4v) is 4.83. The van der Waals surface area contributed by atoms with E-state index in [1.54, 1.807) is 17.9 Å². The first-order valence-corrected chi connectivity index (χ1v) is 12.6. The van der Waals surface area contributed by atoms with Crippen LogP contribution in [0.15, 0.2) is 36.7 Å². The molecule has 1 N–H and O–H groups in total. The van der Waals surface area contributed by atoms with Crippen molar-refractivity contribution in [3.8, 4) is 17.1 Å². The molecule has 1 aliphatic heterocycles. The summed E-state index contributed by atoms with van der Waals surface area (Å²) in [5.41, 5.74) is 2.77. The van der Waals surface area contributed by atoms with Gasteiger partial charge in [-0.2, -0.15) is 0 Å². The first kappa shape index (κ1) is 27.3. The SMILES string of the molecule is CCN(C[C@@]1(C)CCc2cc(-c3ccc(C(F)F)cn3)c(C)nc2N1)C(=O)[C@H](C)c1cc(OC)ncc1F. The zero-order valence-corrected chi connectivity index (χ0v) is 22.2. The number of aromatic nitrogens is 3. The number of aryl methyl sites for hydroxylation is 2. The van der Waals surface area contributed by atoms with Crippen molar-refractivity contribution in [1.29, 1.82) is 0 Å². The molecule has 0 saturated heterocycles. The Kier molecular flexibility index (Phi) is 7.89. The Morgan fingerprint density at radius 1 is 1.24 bits per heavy atom. The number of carbonyl (C=O) groups excluding carboxylic acids is 1. The number of hydrogen-bond acceptors (Lipinski definition) is 6. The molecule has 2 atom stereocenters. The zero-order valence-electron chi connectivity index (χ0n) is 22.2. The monoisotopic (exact) mass is 527 g/mol.